The predicted molar refractivity (Wildman–Crippen MR) is 116 cm³/mol. The largest absolute Gasteiger partial charge is 0.489 e. The summed E-state index contributed by atoms with van der Waals surface area (Å²) < 4.78 is 6.08. The Balaban J connectivity index is 1.80. The molecule has 2 N–H and O–H groups in total. The van der Waals surface area contributed by atoms with Crippen molar-refractivity contribution in [2.24, 2.45) is 0 Å². The van der Waals surface area contributed by atoms with Crippen LogP contribution in [-0.4, -0.2) is 24.2 Å². The first-order valence-electron chi connectivity index (χ1n) is 9.35. The molecular weight excluding hydrogens is 386 g/mol. The van der Waals surface area contributed by atoms with E-state index in [1.54, 1.807) is 12.3 Å². The minimum absolute atomic E-state index is 0.111. The Hall–Kier alpha value is -3.17. The van der Waals surface area contributed by atoms with Gasteiger partial charge in [-0.15, -0.1) is 0 Å². The first-order chi connectivity index (χ1) is 13.8. The molecule has 0 radical (unpaired) electrons. The van der Waals surface area contributed by atoms with E-state index >= 15 is 0 Å². The fraction of sp³-hybridized carbons (Fsp3) is 0.273. The summed E-state index contributed by atoms with van der Waals surface area (Å²) in [6.07, 6.45) is 2.46. The van der Waals surface area contributed by atoms with Crippen LogP contribution in [0, 0.1) is 11.3 Å². The lowest BCUT2D eigenvalue weighted by molar-refractivity contribution is 0.203. The summed E-state index contributed by atoms with van der Waals surface area (Å²) in [6.45, 7) is 9.17. The molecule has 0 bridgehead atoms. The highest BCUT2D eigenvalue weighted by molar-refractivity contribution is 6.31. The maximum Gasteiger partial charge on any atom is 0.166 e. The number of benzene rings is 1. The minimum atomic E-state index is -0.111. The maximum absolute atomic E-state index is 9.41. The van der Waals surface area contributed by atoms with E-state index in [-0.39, 0.29) is 10.7 Å². The number of nitrogens with zero attached hydrogens (tertiary/aromatic N) is 3. The highest BCUT2D eigenvalue weighted by Gasteiger charge is 2.33. The van der Waals surface area contributed by atoms with Crippen LogP contribution in [0.15, 0.2) is 48.5 Å². The topological polar surface area (TPSA) is 73.2 Å². The fourth-order valence-electron chi connectivity index (χ4n) is 3.56. The molecule has 1 aromatic heterocycles. The van der Waals surface area contributed by atoms with Gasteiger partial charge in [0.05, 0.1) is 29.4 Å². The molecule has 2 aliphatic rings. The number of rotatable bonds is 2. The second-order valence-electron chi connectivity index (χ2n) is 7.81. The normalized spacial score (nSPS) is 17.3. The van der Waals surface area contributed by atoms with E-state index in [0.29, 0.717) is 17.9 Å². The van der Waals surface area contributed by atoms with Crippen molar-refractivity contribution in [3.05, 3.63) is 64.8 Å². The zero-order valence-electron chi connectivity index (χ0n) is 16.6. The SMILES string of the molecule is C=C1C2=C(NC(C)(C)CCO2)c2cc(Nc3ccnc(Cl)c3C#N)ccc2N1C. The van der Waals surface area contributed by atoms with E-state index in [9.17, 15) is 5.26 Å². The first-order valence-corrected chi connectivity index (χ1v) is 9.73. The average molecular weight is 408 g/mol. The number of nitrogens with one attached hydrogen (secondary N) is 2. The molecule has 3 heterocycles. The number of halogens is 1. The van der Waals surface area contributed by atoms with Crippen LogP contribution in [0.5, 0.6) is 0 Å². The molecule has 0 atom stereocenters. The van der Waals surface area contributed by atoms with Gasteiger partial charge in [-0.2, -0.15) is 5.26 Å². The number of ether oxygens (including phenoxy) is 1. The van der Waals surface area contributed by atoms with Gasteiger partial charge in [0.2, 0.25) is 0 Å². The highest BCUT2D eigenvalue weighted by atomic mass is 35.5. The second kappa shape index (κ2) is 7.02. The van der Waals surface area contributed by atoms with Crippen LogP contribution in [0.3, 0.4) is 0 Å². The number of hydrogen-bond acceptors (Lipinski definition) is 6. The summed E-state index contributed by atoms with van der Waals surface area (Å²) in [4.78, 5) is 6.00. The quantitative estimate of drug-likeness (QED) is 0.698. The van der Waals surface area contributed by atoms with E-state index in [1.807, 2.05) is 30.1 Å². The second-order valence-corrected chi connectivity index (χ2v) is 8.17. The average Bonchev–Trinajstić information content (AvgIpc) is 2.84. The van der Waals surface area contributed by atoms with E-state index in [4.69, 9.17) is 16.3 Å². The van der Waals surface area contributed by atoms with Gasteiger partial charge in [0.15, 0.2) is 5.76 Å². The van der Waals surface area contributed by atoms with Crippen LogP contribution in [0.25, 0.3) is 5.70 Å². The molecule has 0 unspecified atom stereocenters. The Morgan fingerprint density at radius 1 is 1.38 bits per heavy atom. The molecule has 0 saturated heterocycles. The monoisotopic (exact) mass is 407 g/mol. The molecular formula is C22H22ClN5O. The van der Waals surface area contributed by atoms with Crippen LogP contribution in [0.4, 0.5) is 17.1 Å². The van der Waals surface area contributed by atoms with Gasteiger partial charge in [0, 0.05) is 36.5 Å². The number of aromatic nitrogens is 1. The van der Waals surface area contributed by atoms with Crippen LogP contribution >= 0.6 is 11.6 Å². The molecule has 29 heavy (non-hydrogen) atoms. The third-order valence-electron chi connectivity index (χ3n) is 5.25. The zero-order chi connectivity index (χ0) is 20.8. The van der Waals surface area contributed by atoms with Crippen LogP contribution in [-0.2, 0) is 4.74 Å². The number of pyridine rings is 1. The highest BCUT2D eigenvalue weighted by Crippen LogP contribution is 2.42. The lowest BCUT2D eigenvalue weighted by Gasteiger charge is -2.34. The summed E-state index contributed by atoms with van der Waals surface area (Å²) in [5, 5.41) is 16.5. The van der Waals surface area contributed by atoms with Gasteiger partial charge in [-0.25, -0.2) is 4.98 Å². The number of anilines is 3. The van der Waals surface area contributed by atoms with Crippen molar-refractivity contribution in [3.8, 4) is 6.07 Å². The van der Waals surface area contributed by atoms with E-state index in [2.05, 4.69) is 42.1 Å². The van der Waals surface area contributed by atoms with Gasteiger partial charge in [-0.3, -0.25) is 0 Å². The molecule has 0 saturated carbocycles. The Bertz CT molecular complexity index is 1080. The van der Waals surface area contributed by atoms with Crippen molar-refractivity contribution in [2.45, 2.75) is 25.8 Å². The first kappa shape index (κ1) is 19.2. The molecule has 0 aliphatic carbocycles. The van der Waals surface area contributed by atoms with Crippen molar-refractivity contribution >= 4 is 34.4 Å². The molecule has 0 spiro atoms. The van der Waals surface area contributed by atoms with E-state index in [1.165, 1.54) is 0 Å². The zero-order valence-corrected chi connectivity index (χ0v) is 17.4. The van der Waals surface area contributed by atoms with Gasteiger partial charge in [0.25, 0.3) is 0 Å². The standard InChI is InChI=1S/C22H22ClN5O/c1-13-20-19(27-22(2,3)8-10-29-20)15-11-14(5-6-18(15)28(13)4)26-17-7-9-25-21(23)16(17)12-24/h5-7,9,11,27H,1,8,10H2,2-4H3,(H,25,26). The van der Waals surface area contributed by atoms with Crippen LogP contribution in [0.1, 0.15) is 31.4 Å². The molecule has 2 aliphatic heterocycles. The van der Waals surface area contributed by atoms with Crippen molar-refractivity contribution < 1.29 is 4.74 Å². The number of hydrogen-bond donors (Lipinski definition) is 2. The van der Waals surface area contributed by atoms with Crippen molar-refractivity contribution in [1.82, 2.24) is 10.3 Å². The minimum Gasteiger partial charge on any atom is -0.489 e. The predicted octanol–water partition coefficient (Wildman–Crippen LogP) is 4.77. The lowest BCUT2D eigenvalue weighted by atomic mass is 9.96. The Morgan fingerprint density at radius 2 is 2.17 bits per heavy atom. The van der Waals surface area contributed by atoms with E-state index in [0.717, 1.165) is 40.5 Å². The summed E-state index contributed by atoms with van der Waals surface area (Å²) in [6, 6.07) is 9.88. The molecule has 1 aromatic carbocycles. The van der Waals surface area contributed by atoms with Crippen molar-refractivity contribution in [2.75, 3.05) is 23.9 Å². The Labute approximate surface area is 175 Å². The number of likely N-dealkylation sites (N-methyl/N-ethyl adjacent to an activating group) is 1. The third-order valence-corrected chi connectivity index (χ3v) is 5.54. The van der Waals surface area contributed by atoms with Gasteiger partial charge in [0.1, 0.15) is 16.8 Å². The summed E-state index contributed by atoms with van der Waals surface area (Å²) >= 11 is 6.06. The molecule has 7 heteroatoms. The van der Waals surface area contributed by atoms with Crippen LogP contribution in [0.2, 0.25) is 5.15 Å². The smallest absolute Gasteiger partial charge is 0.166 e. The Morgan fingerprint density at radius 3 is 2.93 bits per heavy atom. The van der Waals surface area contributed by atoms with Crippen molar-refractivity contribution in [3.63, 3.8) is 0 Å². The Kier molecular flexibility index (Phi) is 4.64. The van der Waals surface area contributed by atoms with Crippen LogP contribution < -0.4 is 15.5 Å². The van der Waals surface area contributed by atoms with Gasteiger partial charge in [-0.1, -0.05) is 18.2 Å². The van der Waals surface area contributed by atoms with Crippen molar-refractivity contribution in [1.29, 1.82) is 5.26 Å². The van der Waals surface area contributed by atoms with E-state index < -0.39 is 0 Å². The number of fused-ring (bicyclic) bond motifs is 2. The summed E-state index contributed by atoms with van der Waals surface area (Å²) in [5.41, 5.74) is 5.44. The van der Waals surface area contributed by atoms with Gasteiger partial charge < -0.3 is 20.3 Å². The summed E-state index contributed by atoms with van der Waals surface area (Å²) in [7, 11) is 1.98. The van der Waals surface area contributed by atoms with Gasteiger partial charge >= 0.3 is 0 Å². The summed E-state index contributed by atoms with van der Waals surface area (Å²) in [5.74, 6) is 0.771. The molecule has 4 rings (SSSR count). The molecule has 2 aromatic rings. The molecule has 6 nitrogen and oxygen atoms in total. The maximum atomic E-state index is 9.41. The third kappa shape index (κ3) is 3.39. The lowest BCUT2D eigenvalue weighted by Crippen LogP contribution is -2.39. The van der Waals surface area contributed by atoms with Gasteiger partial charge in [-0.05, 0) is 38.1 Å². The molecule has 148 valence electrons. The molecule has 0 amide bonds. The molecule has 0 fully saturated rings. The number of nitriles is 1. The fourth-order valence-corrected chi connectivity index (χ4v) is 3.76.